The number of primary amides is 1. The van der Waals surface area contributed by atoms with Crippen molar-refractivity contribution < 1.29 is 9.59 Å². The van der Waals surface area contributed by atoms with Crippen molar-refractivity contribution in [3.63, 3.8) is 0 Å². The molecule has 0 saturated heterocycles. The first kappa shape index (κ1) is 16.7. The van der Waals surface area contributed by atoms with E-state index in [0.717, 1.165) is 17.7 Å². The maximum absolute atomic E-state index is 12.1. The fourth-order valence-electron chi connectivity index (χ4n) is 2.78. The molecule has 0 radical (unpaired) electrons. The largest absolute Gasteiger partial charge is 0.363 e. The van der Waals surface area contributed by atoms with Crippen LogP contribution >= 0.6 is 0 Å². The Bertz CT molecular complexity index is 785. The molecule has 0 bridgehead atoms. The number of nitrogens with one attached hydrogen (secondary N) is 1. The van der Waals surface area contributed by atoms with E-state index in [1.54, 1.807) is 4.90 Å². The lowest BCUT2D eigenvalue weighted by atomic mass is 10.1. The molecule has 0 atom stereocenters. The molecular formula is C19H20N4O2. The van der Waals surface area contributed by atoms with Gasteiger partial charge in [-0.3, -0.25) is 14.6 Å². The van der Waals surface area contributed by atoms with Gasteiger partial charge in [-0.05, 0) is 36.2 Å². The maximum Gasteiger partial charge on any atom is 0.284 e. The molecule has 128 valence electrons. The van der Waals surface area contributed by atoms with Crippen molar-refractivity contribution in [1.82, 2.24) is 0 Å². The summed E-state index contributed by atoms with van der Waals surface area (Å²) >= 11 is 0. The monoisotopic (exact) mass is 336 g/mol. The zero-order chi connectivity index (χ0) is 17.6. The first-order chi connectivity index (χ1) is 12.1. The molecule has 0 aliphatic carbocycles. The topological polar surface area (TPSA) is 87.8 Å². The van der Waals surface area contributed by atoms with Crippen LogP contribution in [-0.4, -0.2) is 30.7 Å². The summed E-state index contributed by atoms with van der Waals surface area (Å²) < 4.78 is 0. The van der Waals surface area contributed by atoms with Crippen LogP contribution in [0.15, 0.2) is 59.6 Å². The van der Waals surface area contributed by atoms with Gasteiger partial charge >= 0.3 is 0 Å². The Kier molecular flexibility index (Phi) is 5.09. The Labute approximate surface area is 146 Å². The molecule has 2 amide bonds. The van der Waals surface area contributed by atoms with Crippen LogP contribution in [0.25, 0.3) is 0 Å². The van der Waals surface area contributed by atoms with Gasteiger partial charge in [-0.15, -0.1) is 0 Å². The highest BCUT2D eigenvalue weighted by Crippen LogP contribution is 2.21. The van der Waals surface area contributed by atoms with Gasteiger partial charge in [0.1, 0.15) is 0 Å². The predicted molar refractivity (Wildman–Crippen MR) is 98.7 cm³/mol. The zero-order valence-electron chi connectivity index (χ0n) is 13.8. The second-order valence-corrected chi connectivity index (χ2v) is 5.83. The van der Waals surface area contributed by atoms with E-state index < -0.39 is 5.91 Å². The molecule has 1 aliphatic heterocycles. The van der Waals surface area contributed by atoms with E-state index in [1.807, 2.05) is 54.6 Å². The zero-order valence-corrected chi connectivity index (χ0v) is 13.8. The first-order valence-electron chi connectivity index (χ1n) is 8.19. The number of anilines is 2. The summed E-state index contributed by atoms with van der Waals surface area (Å²) in [7, 11) is 0. The lowest BCUT2D eigenvalue weighted by Gasteiger charge is -2.27. The van der Waals surface area contributed by atoms with Crippen molar-refractivity contribution >= 4 is 29.0 Å². The van der Waals surface area contributed by atoms with Crippen LogP contribution < -0.4 is 16.0 Å². The molecule has 6 nitrogen and oxygen atoms in total. The summed E-state index contributed by atoms with van der Waals surface area (Å²) in [5, 5.41) is 2.88. The Morgan fingerprint density at radius 3 is 2.48 bits per heavy atom. The number of nitrogens with two attached hydrogens (primary N) is 1. The number of rotatable bonds is 5. The van der Waals surface area contributed by atoms with Gasteiger partial charge in [-0.1, -0.05) is 30.3 Å². The molecule has 0 spiro atoms. The molecule has 3 rings (SSSR count). The Hall–Kier alpha value is -3.15. The molecule has 2 aromatic carbocycles. The molecule has 0 fully saturated rings. The van der Waals surface area contributed by atoms with Crippen LogP contribution in [-0.2, 0) is 16.0 Å². The van der Waals surface area contributed by atoms with E-state index in [4.69, 9.17) is 5.73 Å². The van der Waals surface area contributed by atoms with Crippen LogP contribution in [0.2, 0.25) is 0 Å². The van der Waals surface area contributed by atoms with Gasteiger partial charge < -0.3 is 16.0 Å². The second kappa shape index (κ2) is 7.61. The summed E-state index contributed by atoms with van der Waals surface area (Å²) in [6.45, 7) is 1.31. The van der Waals surface area contributed by atoms with Gasteiger partial charge in [0, 0.05) is 24.5 Å². The number of amides is 2. The normalized spacial score (nSPS) is 13.9. The van der Waals surface area contributed by atoms with E-state index in [1.165, 1.54) is 0 Å². The van der Waals surface area contributed by atoms with Gasteiger partial charge in [0.05, 0.1) is 6.42 Å². The highest BCUT2D eigenvalue weighted by Gasteiger charge is 2.21. The summed E-state index contributed by atoms with van der Waals surface area (Å²) in [5.41, 5.74) is 7.90. The molecule has 0 aromatic heterocycles. The number of hydrogen-bond acceptors (Lipinski definition) is 4. The SMILES string of the molecule is NC(=O)C1=NCCCN1c1ccc(NC(=O)Cc2ccccc2)cc1. The number of carbonyl (C=O) groups is 2. The molecule has 25 heavy (non-hydrogen) atoms. The van der Waals surface area contributed by atoms with E-state index in [0.29, 0.717) is 25.2 Å². The van der Waals surface area contributed by atoms with Gasteiger partial charge in [0.25, 0.3) is 5.91 Å². The number of nitrogens with zero attached hydrogens (tertiary/aromatic N) is 2. The standard InChI is InChI=1S/C19H20N4O2/c20-18(25)19-21-11-4-12-23(19)16-9-7-15(8-10-16)22-17(24)13-14-5-2-1-3-6-14/h1-3,5-10H,4,11-13H2,(H2,20,25)(H,22,24). The summed E-state index contributed by atoms with van der Waals surface area (Å²) in [4.78, 5) is 29.6. The summed E-state index contributed by atoms with van der Waals surface area (Å²) in [6, 6.07) is 16.9. The van der Waals surface area contributed by atoms with Gasteiger partial charge in [-0.25, -0.2) is 0 Å². The highest BCUT2D eigenvalue weighted by molar-refractivity contribution is 6.42. The average Bonchev–Trinajstić information content (AvgIpc) is 2.63. The van der Waals surface area contributed by atoms with E-state index in [-0.39, 0.29) is 11.7 Å². The van der Waals surface area contributed by atoms with Crippen LogP contribution in [0, 0.1) is 0 Å². The maximum atomic E-state index is 12.1. The molecular weight excluding hydrogens is 316 g/mol. The van der Waals surface area contributed by atoms with Crippen molar-refractivity contribution in [2.75, 3.05) is 23.3 Å². The minimum atomic E-state index is -0.528. The number of benzene rings is 2. The van der Waals surface area contributed by atoms with Crippen LogP contribution in [0.1, 0.15) is 12.0 Å². The van der Waals surface area contributed by atoms with Crippen molar-refractivity contribution in [2.24, 2.45) is 10.7 Å². The molecule has 3 N–H and O–H groups in total. The van der Waals surface area contributed by atoms with Crippen molar-refractivity contribution in [1.29, 1.82) is 0 Å². The number of amidine groups is 1. The van der Waals surface area contributed by atoms with E-state index in [2.05, 4.69) is 10.3 Å². The molecule has 6 heteroatoms. The van der Waals surface area contributed by atoms with Crippen molar-refractivity contribution in [3.8, 4) is 0 Å². The third-order valence-corrected chi connectivity index (χ3v) is 3.95. The molecule has 0 unspecified atom stereocenters. The smallest absolute Gasteiger partial charge is 0.284 e. The lowest BCUT2D eigenvalue weighted by molar-refractivity contribution is -0.115. The van der Waals surface area contributed by atoms with E-state index in [9.17, 15) is 9.59 Å². The fourth-order valence-corrected chi connectivity index (χ4v) is 2.78. The van der Waals surface area contributed by atoms with Gasteiger partial charge in [0.2, 0.25) is 5.91 Å². The predicted octanol–water partition coefficient (Wildman–Crippen LogP) is 1.96. The molecule has 1 aliphatic rings. The minimum Gasteiger partial charge on any atom is -0.363 e. The number of carbonyl (C=O) groups excluding carboxylic acids is 2. The molecule has 1 heterocycles. The van der Waals surface area contributed by atoms with Crippen molar-refractivity contribution in [3.05, 3.63) is 60.2 Å². The van der Waals surface area contributed by atoms with Gasteiger partial charge in [0.15, 0.2) is 5.84 Å². The summed E-state index contributed by atoms with van der Waals surface area (Å²) in [6.07, 6.45) is 1.19. The lowest BCUT2D eigenvalue weighted by Crippen LogP contribution is -2.43. The van der Waals surface area contributed by atoms with Crippen LogP contribution in [0.3, 0.4) is 0 Å². The third-order valence-electron chi connectivity index (χ3n) is 3.95. The molecule has 2 aromatic rings. The fraction of sp³-hybridized carbons (Fsp3) is 0.211. The average molecular weight is 336 g/mol. The Morgan fingerprint density at radius 1 is 1.08 bits per heavy atom. The minimum absolute atomic E-state index is 0.0729. The highest BCUT2D eigenvalue weighted by atomic mass is 16.2. The van der Waals surface area contributed by atoms with Gasteiger partial charge in [-0.2, -0.15) is 0 Å². The Balaban J connectivity index is 1.66. The number of aliphatic imine (C=N–C) groups is 1. The first-order valence-corrected chi connectivity index (χ1v) is 8.19. The molecule has 0 saturated carbocycles. The Morgan fingerprint density at radius 2 is 1.80 bits per heavy atom. The van der Waals surface area contributed by atoms with Crippen LogP contribution in [0.4, 0.5) is 11.4 Å². The number of hydrogen-bond donors (Lipinski definition) is 2. The summed E-state index contributed by atoms with van der Waals surface area (Å²) in [5.74, 6) is -0.316. The van der Waals surface area contributed by atoms with Crippen LogP contribution in [0.5, 0.6) is 0 Å². The van der Waals surface area contributed by atoms with E-state index >= 15 is 0 Å². The second-order valence-electron chi connectivity index (χ2n) is 5.83. The quantitative estimate of drug-likeness (QED) is 0.875. The van der Waals surface area contributed by atoms with Crippen molar-refractivity contribution in [2.45, 2.75) is 12.8 Å². The third kappa shape index (κ3) is 4.23.